The van der Waals surface area contributed by atoms with Gasteiger partial charge in [-0.05, 0) is 25.6 Å². The molecule has 0 saturated carbocycles. The molecule has 6 nitrogen and oxygen atoms in total. The third-order valence-electron chi connectivity index (χ3n) is 2.89. The van der Waals surface area contributed by atoms with E-state index in [9.17, 15) is 9.59 Å². The first-order chi connectivity index (χ1) is 9.99. The summed E-state index contributed by atoms with van der Waals surface area (Å²) >= 11 is 0. The van der Waals surface area contributed by atoms with Crippen LogP contribution in [0, 0.1) is 0 Å². The van der Waals surface area contributed by atoms with Gasteiger partial charge in [0, 0.05) is 13.6 Å². The van der Waals surface area contributed by atoms with Crippen molar-refractivity contribution in [2.45, 2.75) is 6.42 Å². The van der Waals surface area contributed by atoms with Crippen LogP contribution in [0.15, 0.2) is 30.3 Å². The number of ether oxygens (including phenoxy) is 1. The highest BCUT2D eigenvalue weighted by Gasteiger charge is 2.13. The summed E-state index contributed by atoms with van der Waals surface area (Å²) in [7, 11) is 3.32. The molecule has 0 spiro atoms. The van der Waals surface area contributed by atoms with Gasteiger partial charge < -0.3 is 14.7 Å². The number of para-hydroxylation sites is 1. The molecule has 0 heterocycles. The van der Waals surface area contributed by atoms with Gasteiger partial charge in [-0.15, -0.1) is 0 Å². The van der Waals surface area contributed by atoms with Crippen LogP contribution in [0.2, 0.25) is 0 Å². The molecular weight excluding hydrogens is 272 g/mol. The van der Waals surface area contributed by atoms with Crippen LogP contribution in [-0.4, -0.2) is 67.1 Å². The van der Waals surface area contributed by atoms with E-state index in [-0.39, 0.29) is 19.0 Å². The van der Waals surface area contributed by atoms with Gasteiger partial charge in [0.05, 0.1) is 19.7 Å². The topological polar surface area (TPSA) is 70.1 Å². The standard InChI is InChI=1S/C15H22N2O4/c1-16(12-15(19)20)11-14(18)17(2)9-6-10-21-13-7-4-3-5-8-13/h3-5,7-8H,6,9-12H2,1-2H3,(H,19,20). The number of hydrogen-bond donors (Lipinski definition) is 1. The molecule has 0 bridgehead atoms. The number of amides is 1. The lowest BCUT2D eigenvalue weighted by atomic mass is 10.3. The molecule has 116 valence electrons. The zero-order valence-electron chi connectivity index (χ0n) is 12.5. The van der Waals surface area contributed by atoms with Crippen LogP contribution in [0.1, 0.15) is 6.42 Å². The molecule has 0 fully saturated rings. The van der Waals surface area contributed by atoms with Crippen LogP contribution in [0.4, 0.5) is 0 Å². The van der Waals surface area contributed by atoms with E-state index in [1.807, 2.05) is 30.3 Å². The van der Waals surface area contributed by atoms with Crippen LogP contribution in [-0.2, 0) is 9.59 Å². The van der Waals surface area contributed by atoms with Gasteiger partial charge in [0.2, 0.25) is 5.91 Å². The number of carbonyl (C=O) groups excluding carboxylic acids is 1. The highest BCUT2D eigenvalue weighted by molar-refractivity contribution is 5.78. The van der Waals surface area contributed by atoms with Crippen molar-refractivity contribution in [2.75, 3.05) is 40.3 Å². The predicted octanol–water partition coefficient (Wildman–Crippen LogP) is 0.930. The molecule has 0 aliphatic rings. The normalized spacial score (nSPS) is 10.4. The Morgan fingerprint density at radius 1 is 1.14 bits per heavy atom. The summed E-state index contributed by atoms with van der Waals surface area (Å²) in [4.78, 5) is 25.4. The number of benzene rings is 1. The molecule has 21 heavy (non-hydrogen) atoms. The van der Waals surface area contributed by atoms with Gasteiger partial charge in [-0.2, -0.15) is 0 Å². The maximum Gasteiger partial charge on any atom is 0.317 e. The number of hydrogen-bond acceptors (Lipinski definition) is 4. The second-order valence-electron chi connectivity index (χ2n) is 4.90. The van der Waals surface area contributed by atoms with E-state index in [0.29, 0.717) is 13.2 Å². The number of likely N-dealkylation sites (N-methyl/N-ethyl adjacent to an activating group) is 2. The van der Waals surface area contributed by atoms with Crippen molar-refractivity contribution in [1.82, 2.24) is 9.80 Å². The number of nitrogens with zero attached hydrogens (tertiary/aromatic N) is 2. The number of carbonyl (C=O) groups is 2. The second kappa shape index (κ2) is 8.97. The molecule has 1 amide bonds. The third kappa shape index (κ3) is 7.31. The van der Waals surface area contributed by atoms with Gasteiger partial charge in [-0.25, -0.2) is 0 Å². The quantitative estimate of drug-likeness (QED) is 0.686. The molecule has 0 aliphatic carbocycles. The molecule has 0 aliphatic heterocycles. The first-order valence-corrected chi connectivity index (χ1v) is 6.81. The number of carboxylic acid groups (broad SMARTS) is 1. The molecular formula is C15H22N2O4. The zero-order valence-corrected chi connectivity index (χ0v) is 12.5. The summed E-state index contributed by atoms with van der Waals surface area (Å²) in [6.45, 7) is 1.07. The summed E-state index contributed by atoms with van der Waals surface area (Å²) in [5.41, 5.74) is 0. The SMILES string of the molecule is CN(CC(=O)O)CC(=O)N(C)CCCOc1ccccc1. The van der Waals surface area contributed by atoms with Gasteiger partial charge >= 0.3 is 5.97 Å². The fraction of sp³-hybridized carbons (Fsp3) is 0.467. The summed E-state index contributed by atoms with van der Waals surface area (Å²) in [5, 5.41) is 8.63. The van der Waals surface area contributed by atoms with Gasteiger partial charge in [0.1, 0.15) is 5.75 Å². The fourth-order valence-electron chi connectivity index (χ4n) is 1.77. The van der Waals surface area contributed by atoms with E-state index in [4.69, 9.17) is 9.84 Å². The molecule has 0 radical (unpaired) electrons. The van der Waals surface area contributed by atoms with Crippen molar-refractivity contribution in [2.24, 2.45) is 0 Å². The van der Waals surface area contributed by atoms with Gasteiger partial charge in [-0.3, -0.25) is 14.5 Å². The molecule has 0 saturated heterocycles. The Labute approximate surface area is 124 Å². The van der Waals surface area contributed by atoms with E-state index < -0.39 is 5.97 Å². The van der Waals surface area contributed by atoms with Gasteiger partial charge in [-0.1, -0.05) is 18.2 Å². The molecule has 1 rings (SSSR count). The first kappa shape index (κ1) is 17.0. The minimum atomic E-state index is -0.941. The third-order valence-corrected chi connectivity index (χ3v) is 2.89. The molecule has 1 aromatic rings. The minimum absolute atomic E-state index is 0.0986. The average molecular weight is 294 g/mol. The summed E-state index contributed by atoms with van der Waals surface area (Å²) in [5.74, 6) is -0.227. The van der Waals surface area contributed by atoms with Crippen LogP contribution in [0.25, 0.3) is 0 Å². The fourth-order valence-corrected chi connectivity index (χ4v) is 1.77. The molecule has 1 aromatic carbocycles. The lowest BCUT2D eigenvalue weighted by molar-refractivity contribution is -0.139. The van der Waals surface area contributed by atoms with Gasteiger partial charge in [0.15, 0.2) is 0 Å². The first-order valence-electron chi connectivity index (χ1n) is 6.81. The van der Waals surface area contributed by atoms with Crippen molar-refractivity contribution in [3.63, 3.8) is 0 Å². The van der Waals surface area contributed by atoms with Crippen molar-refractivity contribution >= 4 is 11.9 Å². The Bertz CT molecular complexity index is 450. The van der Waals surface area contributed by atoms with E-state index in [2.05, 4.69) is 0 Å². The maximum absolute atomic E-state index is 11.8. The van der Waals surface area contributed by atoms with Crippen molar-refractivity contribution in [3.8, 4) is 5.75 Å². The molecule has 0 aromatic heterocycles. The zero-order chi connectivity index (χ0) is 15.7. The highest BCUT2D eigenvalue weighted by Crippen LogP contribution is 2.08. The van der Waals surface area contributed by atoms with Crippen LogP contribution in [0.3, 0.4) is 0 Å². The summed E-state index contributed by atoms with van der Waals surface area (Å²) in [6, 6.07) is 9.50. The van der Waals surface area contributed by atoms with Crippen molar-refractivity contribution < 1.29 is 19.4 Å². The van der Waals surface area contributed by atoms with E-state index in [1.165, 1.54) is 4.90 Å². The van der Waals surface area contributed by atoms with Crippen LogP contribution in [0.5, 0.6) is 5.75 Å². The smallest absolute Gasteiger partial charge is 0.317 e. The number of aliphatic carboxylic acids is 1. The Balaban J connectivity index is 2.19. The van der Waals surface area contributed by atoms with Crippen molar-refractivity contribution in [1.29, 1.82) is 0 Å². The molecule has 0 unspecified atom stereocenters. The molecule has 0 atom stereocenters. The Hall–Kier alpha value is -2.08. The van der Waals surface area contributed by atoms with Crippen molar-refractivity contribution in [3.05, 3.63) is 30.3 Å². The van der Waals surface area contributed by atoms with E-state index in [1.54, 1.807) is 19.0 Å². The minimum Gasteiger partial charge on any atom is -0.494 e. The van der Waals surface area contributed by atoms with E-state index in [0.717, 1.165) is 12.2 Å². The van der Waals surface area contributed by atoms with Gasteiger partial charge in [0.25, 0.3) is 0 Å². The summed E-state index contributed by atoms with van der Waals surface area (Å²) < 4.78 is 5.54. The number of rotatable bonds is 9. The monoisotopic (exact) mass is 294 g/mol. The average Bonchev–Trinajstić information content (AvgIpc) is 2.43. The Morgan fingerprint density at radius 3 is 2.43 bits per heavy atom. The maximum atomic E-state index is 11.8. The van der Waals surface area contributed by atoms with E-state index >= 15 is 0 Å². The Kier molecular flexibility index (Phi) is 7.25. The number of carboxylic acids is 1. The van der Waals surface area contributed by atoms with Crippen LogP contribution >= 0.6 is 0 Å². The molecule has 1 N–H and O–H groups in total. The highest BCUT2D eigenvalue weighted by atomic mass is 16.5. The lowest BCUT2D eigenvalue weighted by Crippen LogP contribution is -2.39. The molecule has 6 heteroatoms. The second-order valence-corrected chi connectivity index (χ2v) is 4.90. The summed E-state index contributed by atoms with van der Waals surface area (Å²) in [6.07, 6.45) is 0.722. The van der Waals surface area contributed by atoms with Crippen LogP contribution < -0.4 is 4.74 Å². The Morgan fingerprint density at radius 2 is 1.81 bits per heavy atom. The largest absolute Gasteiger partial charge is 0.494 e. The lowest BCUT2D eigenvalue weighted by Gasteiger charge is -2.20. The predicted molar refractivity (Wildman–Crippen MR) is 79.3 cm³/mol.